The highest BCUT2D eigenvalue weighted by atomic mass is 127. The highest BCUT2D eigenvalue weighted by Gasteiger charge is 2.39. The molecule has 0 unspecified atom stereocenters. The van der Waals surface area contributed by atoms with Crippen LogP contribution in [0.15, 0.2) is 36.4 Å². The fraction of sp³-hybridized carbons (Fsp3) is 0.448. The highest BCUT2D eigenvalue weighted by Crippen LogP contribution is 2.32. The molecule has 0 N–H and O–H groups in total. The molecule has 2 aliphatic rings. The number of carbonyl (C=O) groups is 3. The van der Waals surface area contributed by atoms with E-state index in [1.807, 2.05) is 12.1 Å². The Hall–Kier alpha value is -2.91. The van der Waals surface area contributed by atoms with E-state index in [4.69, 9.17) is 31.0 Å². The summed E-state index contributed by atoms with van der Waals surface area (Å²) in [5, 5.41) is 9.35. The fourth-order valence-corrected chi connectivity index (χ4v) is 5.70. The van der Waals surface area contributed by atoms with Crippen molar-refractivity contribution in [2.45, 2.75) is 52.0 Å². The van der Waals surface area contributed by atoms with Gasteiger partial charge in [0.1, 0.15) is 18.3 Å². The number of benzene rings is 2. The van der Waals surface area contributed by atoms with E-state index in [2.05, 4.69) is 38.6 Å². The first kappa shape index (κ1) is 33.0. The topological polar surface area (TPSA) is 105 Å². The summed E-state index contributed by atoms with van der Waals surface area (Å²) in [4.78, 5) is 36.6. The van der Waals surface area contributed by atoms with Crippen molar-refractivity contribution in [2.75, 3.05) is 24.2 Å². The predicted octanol–water partition coefficient (Wildman–Crippen LogP) is 4.33. The second-order valence-corrected chi connectivity index (χ2v) is 11.5. The third kappa shape index (κ3) is 7.43. The van der Waals surface area contributed by atoms with Gasteiger partial charge in [-0.1, -0.05) is 46.3 Å². The standard InChI is InChI=1S/C27H30ClIN3O4.C2HF3O2/c1-2-30-22-14-21(28)24(36-11-5-10-29)15-23(22)31(16-18-8-12-35-13-9-18)25(30)17-32-26(33)19-6-3-4-7-20(19)27(32)34;3-2(4,5)1(6)7/h3-4,6-7,14-15,18H,2,5,8-13,16-17H2,1H3;(H,6,7)/q+1;/p-1. The third-order valence-electron chi connectivity index (χ3n) is 7.28. The molecule has 2 aromatic carbocycles. The lowest BCUT2D eigenvalue weighted by atomic mass is 10.0. The Labute approximate surface area is 264 Å². The van der Waals surface area contributed by atoms with Crippen LogP contribution in [-0.2, 0) is 29.2 Å². The monoisotopic (exact) mass is 735 g/mol. The Kier molecular flexibility index (Phi) is 10.9. The largest absolute Gasteiger partial charge is 0.542 e. The maximum Gasteiger partial charge on any atom is 0.430 e. The van der Waals surface area contributed by atoms with Crippen molar-refractivity contribution in [3.8, 4) is 5.75 Å². The first-order valence-corrected chi connectivity index (χ1v) is 15.6. The number of rotatable bonds is 9. The molecule has 5 rings (SSSR count). The van der Waals surface area contributed by atoms with Crippen molar-refractivity contribution < 1.29 is 46.7 Å². The number of carbonyl (C=O) groups excluding carboxylic acids is 3. The molecule has 2 aliphatic heterocycles. The molecule has 0 spiro atoms. The van der Waals surface area contributed by atoms with Crippen molar-refractivity contribution in [1.29, 1.82) is 0 Å². The zero-order chi connectivity index (χ0) is 31.3. The van der Waals surface area contributed by atoms with Crippen LogP contribution < -0.4 is 14.4 Å². The van der Waals surface area contributed by atoms with Crippen molar-refractivity contribution >= 4 is 63.0 Å². The number of carboxylic acid groups (broad SMARTS) is 1. The number of aliphatic carboxylic acids is 1. The summed E-state index contributed by atoms with van der Waals surface area (Å²) in [5.74, 6) is -1.49. The molecule has 3 aromatic rings. The van der Waals surface area contributed by atoms with Gasteiger partial charge in [-0.2, -0.15) is 13.2 Å². The molecule has 2 amide bonds. The summed E-state index contributed by atoms with van der Waals surface area (Å²) >= 11 is 9.00. The van der Waals surface area contributed by atoms with Gasteiger partial charge in [0.25, 0.3) is 17.6 Å². The van der Waals surface area contributed by atoms with Crippen LogP contribution in [0.25, 0.3) is 11.0 Å². The van der Waals surface area contributed by atoms with E-state index in [-0.39, 0.29) is 18.4 Å². The minimum atomic E-state index is -5.19. The van der Waals surface area contributed by atoms with Crippen molar-refractivity contribution in [3.63, 3.8) is 0 Å². The maximum absolute atomic E-state index is 13.2. The Balaban J connectivity index is 0.000000541. The fourth-order valence-electron chi connectivity index (χ4n) is 5.17. The lowest BCUT2D eigenvalue weighted by molar-refractivity contribution is -0.687. The molecule has 3 heterocycles. The van der Waals surface area contributed by atoms with Gasteiger partial charge in [-0.3, -0.25) is 14.5 Å². The van der Waals surface area contributed by atoms with Gasteiger partial charge in [0.15, 0.2) is 11.0 Å². The second-order valence-electron chi connectivity index (χ2n) is 10.0. The van der Waals surface area contributed by atoms with Crippen LogP contribution in [0.2, 0.25) is 5.02 Å². The van der Waals surface area contributed by atoms with Gasteiger partial charge in [-0.05, 0) is 38.3 Å². The van der Waals surface area contributed by atoms with Crippen molar-refractivity contribution in [2.24, 2.45) is 5.92 Å². The number of carboxylic acids is 1. The average molecular weight is 736 g/mol. The van der Waals surface area contributed by atoms with Crippen LogP contribution in [0.5, 0.6) is 5.75 Å². The van der Waals surface area contributed by atoms with E-state index < -0.39 is 12.1 Å². The van der Waals surface area contributed by atoms with Crippen LogP contribution in [-0.4, -0.2) is 57.7 Å². The van der Waals surface area contributed by atoms with Crippen molar-refractivity contribution in [1.82, 2.24) is 9.47 Å². The molecule has 232 valence electrons. The first-order valence-electron chi connectivity index (χ1n) is 13.7. The molecular formula is C29H30ClF3IN3O6. The molecule has 9 nitrogen and oxygen atoms in total. The van der Waals surface area contributed by atoms with E-state index in [1.54, 1.807) is 24.3 Å². The number of imide groups is 1. The SMILES string of the molecule is CCn1c(CN2C(=O)c3ccccc3C2=O)[n+](CC2CCOCC2)c2cc(OCCCI)c(Cl)cc21.O=C([O-])C(F)(F)F. The number of imidazole rings is 1. The Morgan fingerprint density at radius 1 is 1.16 bits per heavy atom. The molecule has 0 radical (unpaired) electrons. The van der Waals surface area contributed by atoms with Crippen LogP contribution in [0.3, 0.4) is 0 Å². The van der Waals surface area contributed by atoms with Gasteiger partial charge in [0, 0.05) is 35.7 Å². The number of hydrogen-bond acceptors (Lipinski definition) is 6. The van der Waals surface area contributed by atoms with Gasteiger partial charge >= 0.3 is 6.18 Å². The Morgan fingerprint density at radius 2 is 1.77 bits per heavy atom. The number of hydrogen-bond donors (Lipinski definition) is 0. The van der Waals surface area contributed by atoms with Gasteiger partial charge in [0.05, 0.1) is 35.8 Å². The first-order chi connectivity index (χ1) is 20.5. The zero-order valence-corrected chi connectivity index (χ0v) is 26.2. The average Bonchev–Trinajstić information content (AvgIpc) is 3.39. The number of aryl methyl sites for hydroxylation is 1. The summed E-state index contributed by atoms with van der Waals surface area (Å²) < 4.78 is 48.6. The van der Waals surface area contributed by atoms with E-state index >= 15 is 0 Å². The maximum atomic E-state index is 13.2. The number of aromatic nitrogens is 2. The minimum Gasteiger partial charge on any atom is -0.542 e. The summed E-state index contributed by atoms with van der Waals surface area (Å²) in [7, 11) is 0. The highest BCUT2D eigenvalue weighted by molar-refractivity contribution is 14.1. The van der Waals surface area contributed by atoms with Crippen LogP contribution >= 0.6 is 34.2 Å². The Bertz CT molecular complexity index is 1470. The summed E-state index contributed by atoms with van der Waals surface area (Å²) in [6, 6.07) is 11.0. The van der Waals surface area contributed by atoms with Gasteiger partial charge in [0.2, 0.25) is 0 Å². The normalized spacial score (nSPS) is 15.4. The number of amides is 2. The number of alkyl halides is 4. The molecule has 0 atom stereocenters. The Morgan fingerprint density at radius 3 is 2.30 bits per heavy atom. The number of nitrogens with zero attached hydrogens (tertiary/aromatic N) is 3. The molecular weight excluding hydrogens is 706 g/mol. The summed E-state index contributed by atoms with van der Waals surface area (Å²) in [6.45, 7) is 5.83. The van der Waals surface area contributed by atoms with Crippen LogP contribution in [0.1, 0.15) is 52.7 Å². The molecule has 0 aliphatic carbocycles. The van der Waals surface area contributed by atoms with Crippen LogP contribution in [0.4, 0.5) is 13.2 Å². The lowest BCUT2D eigenvalue weighted by Crippen LogP contribution is -2.45. The molecule has 43 heavy (non-hydrogen) atoms. The van der Waals surface area contributed by atoms with Gasteiger partial charge in [-0.15, -0.1) is 0 Å². The summed E-state index contributed by atoms with van der Waals surface area (Å²) in [6.07, 6.45) is -2.30. The minimum absolute atomic E-state index is 0.195. The third-order valence-corrected chi connectivity index (χ3v) is 8.33. The second kappa shape index (κ2) is 14.2. The lowest BCUT2D eigenvalue weighted by Gasteiger charge is -2.21. The van der Waals surface area contributed by atoms with E-state index in [1.165, 1.54) is 4.90 Å². The zero-order valence-electron chi connectivity index (χ0n) is 23.3. The number of fused-ring (bicyclic) bond motifs is 2. The summed E-state index contributed by atoms with van der Waals surface area (Å²) in [5.41, 5.74) is 2.91. The van der Waals surface area contributed by atoms with E-state index in [9.17, 15) is 22.8 Å². The molecule has 14 heteroatoms. The predicted molar refractivity (Wildman–Crippen MR) is 157 cm³/mol. The molecule has 0 bridgehead atoms. The number of ether oxygens (including phenoxy) is 2. The quantitative estimate of drug-likeness (QED) is 0.107. The molecule has 1 saturated heterocycles. The number of halogens is 5. The molecule has 1 aromatic heterocycles. The molecule has 0 saturated carbocycles. The van der Waals surface area contributed by atoms with Gasteiger partial charge < -0.3 is 19.4 Å². The van der Waals surface area contributed by atoms with Crippen molar-refractivity contribution in [3.05, 3.63) is 58.4 Å². The smallest absolute Gasteiger partial charge is 0.430 e. The van der Waals surface area contributed by atoms with Gasteiger partial charge in [-0.25, -0.2) is 9.13 Å². The van der Waals surface area contributed by atoms with E-state index in [0.29, 0.717) is 41.0 Å². The van der Waals surface area contributed by atoms with E-state index in [0.717, 1.165) is 60.3 Å². The van der Waals surface area contributed by atoms with Crippen LogP contribution in [0, 0.1) is 5.92 Å². The molecule has 1 fully saturated rings.